The van der Waals surface area contributed by atoms with Crippen molar-refractivity contribution in [3.8, 4) is 11.5 Å². The summed E-state index contributed by atoms with van der Waals surface area (Å²) in [7, 11) is 0. The third-order valence-corrected chi connectivity index (χ3v) is 5.28. The van der Waals surface area contributed by atoms with Gasteiger partial charge in [0.1, 0.15) is 5.76 Å². The second kappa shape index (κ2) is 9.02. The summed E-state index contributed by atoms with van der Waals surface area (Å²) in [5, 5.41) is 7.14. The SMILES string of the molecule is Cc1cc(NC(=O)CN2CCN(Cc3cc(Cl)c4c(c3)OCCCO4)CC2)no1. The third kappa shape index (κ3) is 5.20. The van der Waals surface area contributed by atoms with Crippen LogP contribution in [0.2, 0.25) is 5.02 Å². The summed E-state index contributed by atoms with van der Waals surface area (Å²) >= 11 is 6.40. The van der Waals surface area contributed by atoms with Gasteiger partial charge in [-0.25, -0.2) is 0 Å². The summed E-state index contributed by atoms with van der Waals surface area (Å²) in [6.07, 6.45) is 0.853. The molecule has 0 atom stereocenters. The number of carbonyl (C=O) groups is 1. The lowest BCUT2D eigenvalue weighted by atomic mass is 10.1. The number of hydrogen-bond acceptors (Lipinski definition) is 7. The van der Waals surface area contributed by atoms with E-state index in [9.17, 15) is 4.79 Å². The highest BCUT2D eigenvalue weighted by atomic mass is 35.5. The lowest BCUT2D eigenvalue weighted by Crippen LogP contribution is -2.48. The summed E-state index contributed by atoms with van der Waals surface area (Å²) < 4.78 is 16.4. The van der Waals surface area contributed by atoms with Crippen molar-refractivity contribution in [1.82, 2.24) is 15.0 Å². The van der Waals surface area contributed by atoms with Crippen LogP contribution < -0.4 is 14.8 Å². The first-order chi connectivity index (χ1) is 14.1. The minimum atomic E-state index is -0.0820. The number of rotatable bonds is 5. The average Bonchev–Trinajstić information content (AvgIpc) is 2.94. The van der Waals surface area contributed by atoms with E-state index in [-0.39, 0.29) is 5.91 Å². The van der Waals surface area contributed by atoms with E-state index in [1.807, 2.05) is 12.1 Å². The molecule has 2 aliphatic rings. The molecule has 156 valence electrons. The number of anilines is 1. The second-order valence-electron chi connectivity index (χ2n) is 7.38. The lowest BCUT2D eigenvalue weighted by Gasteiger charge is -2.34. The van der Waals surface area contributed by atoms with Gasteiger partial charge < -0.3 is 19.3 Å². The molecule has 0 spiro atoms. The van der Waals surface area contributed by atoms with Crippen LogP contribution >= 0.6 is 11.6 Å². The quantitative estimate of drug-likeness (QED) is 0.796. The third-order valence-electron chi connectivity index (χ3n) is 5.00. The molecule has 1 amide bonds. The van der Waals surface area contributed by atoms with Crippen molar-refractivity contribution in [2.24, 2.45) is 0 Å². The van der Waals surface area contributed by atoms with Crippen LogP contribution in [-0.2, 0) is 11.3 Å². The van der Waals surface area contributed by atoms with Crippen molar-refractivity contribution >= 4 is 23.3 Å². The molecule has 3 heterocycles. The van der Waals surface area contributed by atoms with E-state index in [1.165, 1.54) is 0 Å². The van der Waals surface area contributed by atoms with Crippen molar-refractivity contribution in [3.63, 3.8) is 0 Å². The molecule has 1 N–H and O–H groups in total. The number of aryl methyl sites for hydroxylation is 1. The Balaban J connectivity index is 1.27. The summed E-state index contributed by atoms with van der Waals surface area (Å²) in [6, 6.07) is 5.68. The number of nitrogens with zero attached hydrogens (tertiary/aromatic N) is 3. The van der Waals surface area contributed by atoms with Gasteiger partial charge >= 0.3 is 0 Å². The minimum Gasteiger partial charge on any atom is -0.489 e. The Morgan fingerprint density at radius 1 is 1.14 bits per heavy atom. The van der Waals surface area contributed by atoms with Crippen LogP contribution in [0.25, 0.3) is 0 Å². The molecule has 9 heteroatoms. The van der Waals surface area contributed by atoms with Crippen molar-refractivity contribution in [3.05, 3.63) is 34.5 Å². The van der Waals surface area contributed by atoms with Gasteiger partial charge in [-0.2, -0.15) is 0 Å². The molecule has 0 unspecified atom stereocenters. The molecule has 0 aliphatic carbocycles. The van der Waals surface area contributed by atoms with Crippen molar-refractivity contribution in [2.75, 3.05) is 51.3 Å². The van der Waals surface area contributed by atoms with E-state index in [0.29, 0.717) is 42.1 Å². The van der Waals surface area contributed by atoms with Gasteiger partial charge in [0, 0.05) is 45.2 Å². The zero-order valence-electron chi connectivity index (χ0n) is 16.4. The standard InChI is InChI=1S/C20H25ClN4O4/c1-14-9-18(23-29-14)22-19(26)13-25-5-3-24(4-6-25)12-15-10-16(21)20-17(11-15)27-7-2-8-28-20/h9-11H,2-8,12-13H2,1H3,(H,22,23,26). The average molecular weight is 421 g/mol. The van der Waals surface area contributed by atoms with Crippen LogP contribution in [0.15, 0.2) is 22.7 Å². The second-order valence-corrected chi connectivity index (χ2v) is 7.79. The van der Waals surface area contributed by atoms with Gasteiger partial charge in [0.15, 0.2) is 17.3 Å². The number of ether oxygens (including phenoxy) is 2. The number of aromatic nitrogens is 1. The first-order valence-corrected chi connectivity index (χ1v) is 10.2. The molecule has 1 aromatic heterocycles. The molecule has 29 heavy (non-hydrogen) atoms. The number of benzene rings is 1. The number of amides is 1. The Bertz CT molecular complexity index is 864. The molecule has 0 radical (unpaired) electrons. The van der Waals surface area contributed by atoms with E-state index >= 15 is 0 Å². The van der Waals surface area contributed by atoms with Gasteiger partial charge in [-0.3, -0.25) is 14.6 Å². The van der Waals surface area contributed by atoms with Crippen LogP contribution in [0.5, 0.6) is 11.5 Å². The normalized spacial score (nSPS) is 17.7. The van der Waals surface area contributed by atoms with Crippen molar-refractivity contribution in [1.29, 1.82) is 0 Å². The van der Waals surface area contributed by atoms with Gasteiger partial charge in [-0.1, -0.05) is 16.8 Å². The fraction of sp³-hybridized carbons (Fsp3) is 0.500. The highest BCUT2D eigenvalue weighted by Gasteiger charge is 2.21. The highest BCUT2D eigenvalue weighted by molar-refractivity contribution is 6.32. The zero-order valence-corrected chi connectivity index (χ0v) is 17.2. The Labute approximate surface area is 174 Å². The maximum Gasteiger partial charge on any atom is 0.239 e. The maximum absolute atomic E-state index is 12.2. The summed E-state index contributed by atoms with van der Waals surface area (Å²) in [4.78, 5) is 16.7. The van der Waals surface area contributed by atoms with Crippen LogP contribution in [-0.4, -0.2) is 66.8 Å². The van der Waals surface area contributed by atoms with Crippen molar-refractivity contribution in [2.45, 2.75) is 19.9 Å². The summed E-state index contributed by atoms with van der Waals surface area (Å²) in [5.41, 5.74) is 1.10. The monoisotopic (exact) mass is 420 g/mol. The zero-order chi connectivity index (χ0) is 20.2. The highest BCUT2D eigenvalue weighted by Crippen LogP contribution is 2.38. The van der Waals surface area contributed by atoms with Crippen molar-refractivity contribution < 1.29 is 18.8 Å². The predicted molar refractivity (Wildman–Crippen MR) is 109 cm³/mol. The first kappa shape index (κ1) is 20.0. The van der Waals surface area contributed by atoms with E-state index in [4.69, 9.17) is 25.6 Å². The fourth-order valence-corrected chi connectivity index (χ4v) is 3.84. The maximum atomic E-state index is 12.2. The van der Waals surface area contributed by atoms with Crippen LogP contribution in [0.1, 0.15) is 17.7 Å². The Morgan fingerprint density at radius 2 is 1.90 bits per heavy atom. The fourth-order valence-electron chi connectivity index (χ4n) is 3.55. The van der Waals surface area contributed by atoms with Crippen LogP contribution in [0, 0.1) is 6.92 Å². The number of piperazine rings is 1. The smallest absolute Gasteiger partial charge is 0.239 e. The molecule has 0 saturated carbocycles. The molecule has 0 bridgehead atoms. The van der Waals surface area contributed by atoms with Crippen LogP contribution in [0.3, 0.4) is 0 Å². The van der Waals surface area contributed by atoms with Gasteiger partial charge in [-0.05, 0) is 24.6 Å². The molecule has 8 nitrogen and oxygen atoms in total. The Hall–Kier alpha value is -2.29. The molecule has 4 rings (SSSR count). The molecule has 2 aromatic rings. The van der Waals surface area contributed by atoms with E-state index in [0.717, 1.165) is 50.5 Å². The summed E-state index contributed by atoms with van der Waals surface area (Å²) in [6.45, 7) is 7.58. The van der Waals surface area contributed by atoms with Crippen LogP contribution in [0.4, 0.5) is 5.82 Å². The van der Waals surface area contributed by atoms with Gasteiger partial charge in [0.2, 0.25) is 5.91 Å². The van der Waals surface area contributed by atoms with Gasteiger partial charge in [0.25, 0.3) is 0 Å². The number of halogens is 1. The minimum absolute atomic E-state index is 0.0820. The number of carbonyl (C=O) groups excluding carboxylic acids is 1. The van der Waals surface area contributed by atoms with E-state index in [1.54, 1.807) is 13.0 Å². The predicted octanol–water partition coefficient (Wildman–Crippen LogP) is 2.55. The van der Waals surface area contributed by atoms with E-state index < -0.39 is 0 Å². The van der Waals surface area contributed by atoms with Gasteiger partial charge in [-0.15, -0.1) is 0 Å². The Kier molecular flexibility index (Phi) is 6.22. The van der Waals surface area contributed by atoms with Gasteiger partial charge in [0.05, 0.1) is 24.8 Å². The number of fused-ring (bicyclic) bond motifs is 1. The molecule has 1 fully saturated rings. The number of nitrogens with one attached hydrogen (secondary N) is 1. The molecule has 2 aliphatic heterocycles. The molecule has 1 aromatic carbocycles. The first-order valence-electron chi connectivity index (χ1n) is 9.83. The molecule has 1 saturated heterocycles. The number of hydrogen-bond donors (Lipinski definition) is 1. The largest absolute Gasteiger partial charge is 0.489 e. The Morgan fingerprint density at radius 3 is 2.66 bits per heavy atom. The lowest BCUT2D eigenvalue weighted by molar-refractivity contribution is -0.117. The topological polar surface area (TPSA) is 80.1 Å². The molecular formula is C20H25ClN4O4. The molecular weight excluding hydrogens is 396 g/mol. The summed E-state index contributed by atoms with van der Waals surface area (Å²) in [5.74, 6) is 2.41. The van der Waals surface area contributed by atoms with E-state index in [2.05, 4.69) is 20.3 Å².